The maximum Gasteiger partial charge on any atom is 0.307 e. The lowest BCUT2D eigenvalue weighted by Crippen LogP contribution is -2.25. The van der Waals surface area contributed by atoms with E-state index in [0.29, 0.717) is 6.42 Å². The van der Waals surface area contributed by atoms with E-state index < -0.39 is 0 Å². The van der Waals surface area contributed by atoms with Crippen LogP contribution in [0.3, 0.4) is 0 Å². The Morgan fingerprint density at radius 1 is 1.61 bits per heavy atom. The van der Waals surface area contributed by atoms with Crippen molar-refractivity contribution in [1.29, 1.82) is 0 Å². The molecule has 1 aromatic rings. The first-order valence-corrected chi connectivity index (χ1v) is 8.22. The van der Waals surface area contributed by atoms with Gasteiger partial charge in [-0.2, -0.15) is 11.8 Å². The summed E-state index contributed by atoms with van der Waals surface area (Å²) in [4.78, 5) is 12.6. The average Bonchev–Trinajstić information content (AvgIpc) is 2.90. The van der Waals surface area contributed by atoms with E-state index in [2.05, 4.69) is 18.3 Å². The van der Waals surface area contributed by atoms with Crippen LogP contribution in [0.2, 0.25) is 0 Å². The lowest BCUT2D eigenvalue weighted by molar-refractivity contribution is -0.141. The average molecular weight is 287 g/mol. The normalized spacial score (nSPS) is 12.3. The Labute approximate surface area is 117 Å². The van der Waals surface area contributed by atoms with E-state index in [1.54, 1.807) is 11.3 Å². The number of carbonyl (C=O) groups is 1. The minimum absolute atomic E-state index is 0.0871. The number of hydrogen-bond donors (Lipinski definition) is 1. The molecule has 102 valence electrons. The van der Waals surface area contributed by atoms with Gasteiger partial charge < -0.3 is 10.1 Å². The number of hydrogen-bond acceptors (Lipinski definition) is 5. The summed E-state index contributed by atoms with van der Waals surface area (Å²) >= 11 is 3.62. The molecule has 18 heavy (non-hydrogen) atoms. The molecule has 0 saturated carbocycles. The van der Waals surface area contributed by atoms with Gasteiger partial charge in [0.05, 0.1) is 19.6 Å². The van der Waals surface area contributed by atoms with Crippen molar-refractivity contribution in [2.24, 2.45) is 0 Å². The number of esters is 1. The molecular weight excluding hydrogens is 266 g/mol. The van der Waals surface area contributed by atoms with E-state index in [-0.39, 0.29) is 12.0 Å². The van der Waals surface area contributed by atoms with Crippen molar-refractivity contribution in [2.75, 3.05) is 25.2 Å². The third kappa shape index (κ3) is 5.89. The monoisotopic (exact) mass is 287 g/mol. The molecule has 0 spiro atoms. The minimum Gasteiger partial charge on any atom is -0.469 e. The molecule has 0 aliphatic heterocycles. The third-order valence-corrected chi connectivity index (χ3v) is 4.52. The molecule has 0 aromatic carbocycles. The second kappa shape index (κ2) is 9.42. The molecule has 1 rings (SSSR count). The Bertz CT molecular complexity index is 328. The van der Waals surface area contributed by atoms with Gasteiger partial charge >= 0.3 is 5.97 Å². The Hall–Kier alpha value is -0.520. The van der Waals surface area contributed by atoms with E-state index >= 15 is 0 Å². The number of nitrogens with one attached hydrogen (secondary N) is 1. The van der Waals surface area contributed by atoms with E-state index in [1.165, 1.54) is 17.7 Å². The lowest BCUT2D eigenvalue weighted by atomic mass is 10.1. The summed E-state index contributed by atoms with van der Waals surface area (Å²) < 4.78 is 4.75. The molecule has 1 aromatic heterocycles. The zero-order valence-corrected chi connectivity index (χ0v) is 12.6. The lowest BCUT2D eigenvalue weighted by Gasteiger charge is -2.16. The van der Waals surface area contributed by atoms with Crippen LogP contribution >= 0.6 is 23.1 Å². The Morgan fingerprint density at radius 2 is 2.44 bits per heavy atom. The predicted molar refractivity (Wildman–Crippen MR) is 79.3 cm³/mol. The summed E-state index contributed by atoms with van der Waals surface area (Å²) in [7, 11) is 1.44. The van der Waals surface area contributed by atoms with Crippen LogP contribution in [-0.4, -0.2) is 31.1 Å². The number of carbonyl (C=O) groups excluding carboxylic acids is 1. The summed E-state index contributed by atoms with van der Waals surface area (Å²) in [5.41, 5.74) is 0. The van der Waals surface area contributed by atoms with Crippen molar-refractivity contribution in [3.8, 4) is 0 Å². The maximum atomic E-state index is 11.4. The second-order valence-corrected chi connectivity index (χ2v) is 6.23. The van der Waals surface area contributed by atoms with Gasteiger partial charge in [0.1, 0.15) is 0 Å². The third-order valence-electron chi connectivity index (χ3n) is 2.55. The largest absolute Gasteiger partial charge is 0.469 e. The molecular formula is C13H21NO2S2. The first-order valence-electron chi connectivity index (χ1n) is 6.19. The molecule has 0 bridgehead atoms. The van der Waals surface area contributed by atoms with Gasteiger partial charge in [0.2, 0.25) is 0 Å². The standard InChI is InChI=1S/C13H21NO2S2/c1-3-17-8-5-7-14-11(10-13(15)16-2)12-6-4-9-18-12/h4,6,9,11,14H,3,5,7-8,10H2,1-2H3. The molecule has 0 fully saturated rings. The number of thioether (sulfide) groups is 1. The minimum atomic E-state index is -0.163. The first-order chi connectivity index (χ1) is 8.77. The molecule has 3 nitrogen and oxygen atoms in total. The molecule has 0 saturated heterocycles. The molecule has 0 aliphatic rings. The Balaban J connectivity index is 2.38. The fraction of sp³-hybridized carbons (Fsp3) is 0.615. The summed E-state index contributed by atoms with van der Waals surface area (Å²) in [5.74, 6) is 2.17. The highest BCUT2D eigenvalue weighted by Crippen LogP contribution is 2.22. The molecule has 1 unspecified atom stereocenters. The Morgan fingerprint density at radius 3 is 3.06 bits per heavy atom. The van der Waals surface area contributed by atoms with E-state index in [1.807, 2.05) is 23.2 Å². The number of thiophene rings is 1. The molecule has 5 heteroatoms. The van der Waals surface area contributed by atoms with Crippen molar-refractivity contribution >= 4 is 29.1 Å². The maximum absolute atomic E-state index is 11.4. The van der Waals surface area contributed by atoms with Crippen LogP contribution in [0.4, 0.5) is 0 Å². The SMILES string of the molecule is CCSCCCNC(CC(=O)OC)c1cccs1. The van der Waals surface area contributed by atoms with Crippen LogP contribution in [-0.2, 0) is 9.53 Å². The van der Waals surface area contributed by atoms with Crippen molar-refractivity contribution in [3.05, 3.63) is 22.4 Å². The van der Waals surface area contributed by atoms with Crippen molar-refractivity contribution in [3.63, 3.8) is 0 Å². The molecule has 0 amide bonds. The van der Waals surface area contributed by atoms with Crippen molar-refractivity contribution < 1.29 is 9.53 Å². The van der Waals surface area contributed by atoms with Crippen LogP contribution in [0.15, 0.2) is 17.5 Å². The second-order valence-electron chi connectivity index (χ2n) is 3.85. The van der Waals surface area contributed by atoms with E-state index in [4.69, 9.17) is 4.74 Å². The van der Waals surface area contributed by atoms with Gasteiger partial charge in [0.15, 0.2) is 0 Å². The van der Waals surface area contributed by atoms with Crippen LogP contribution in [0, 0.1) is 0 Å². The van der Waals surface area contributed by atoms with Gasteiger partial charge in [-0.1, -0.05) is 13.0 Å². The van der Waals surface area contributed by atoms with E-state index in [0.717, 1.165) is 18.7 Å². The number of rotatable bonds is 9. The van der Waals surface area contributed by atoms with Gasteiger partial charge in [0.25, 0.3) is 0 Å². The highest BCUT2D eigenvalue weighted by atomic mass is 32.2. The first kappa shape index (κ1) is 15.5. The topological polar surface area (TPSA) is 38.3 Å². The summed E-state index contributed by atoms with van der Waals surface area (Å²) in [6, 6.07) is 4.16. The number of methoxy groups -OCH3 is 1. The van der Waals surface area contributed by atoms with Gasteiger partial charge in [-0.3, -0.25) is 4.79 Å². The van der Waals surface area contributed by atoms with Crippen molar-refractivity contribution in [1.82, 2.24) is 5.32 Å². The fourth-order valence-corrected chi connectivity index (χ4v) is 3.05. The van der Waals surface area contributed by atoms with Crippen LogP contribution < -0.4 is 5.32 Å². The predicted octanol–water partition coefficient (Wildman–Crippen LogP) is 3.09. The zero-order valence-electron chi connectivity index (χ0n) is 11.0. The summed E-state index contributed by atoms with van der Waals surface area (Å²) in [5, 5.41) is 5.48. The molecule has 1 heterocycles. The molecule has 1 N–H and O–H groups in total. The highest BCUT2D eigenvalue weighted by Gasteiger charge is 2.16. The van der Waals surface area contributed by atoms with Crippen LogP contribution in [0.25, 0.3) is 0 Å². The molecule has 0 radical (unpaired) electrons. The molecule has 0 aliphatic carbocycles. The van der Waals surface area contributed by atoms with Crippen LogP contribution in [0.1, 0.15) is 30.7 Å². The van der Waals surface area contributed by atoms with Gasteiger partial charge in [-0.15, -0.1) is 11.3 Å². The van der Waals surface area contributed by atoms with Gasteiger partial charge in [-0.05, 0) is 35.9 Å². The smallest absolute Gasteiger partial charge is 0.307 e. The zero-order chi connectivity index (χ0) is 13.2. The van der Waals surface area contributed by atoms with Crippen molar-refractivity contribution in [2.45, 2.75) is 25.8 Å². The number of ether oxygens (including phenoxy) is 1. The Kier molecular flexibility index (Phi) is 8.13. The van der Waals surface area contributed by atoms with Gasteiger partial charge in [-0.25, -0.2) is 0 Å². The quantitative estimate of drug-likeness (QED) is 0.559. The summed E-state index contributed by atoms with van der Waals surface area (Å²) in [6.07, 6.45) is 1.53. The fourth-order valence-electron chi connectivity index (χ4n) is 1.61. The molecule has 1 atom stereocenters. The van der Waals surface area contributed by atoms with Crippen LogP contribution in [0.5, 0.6) is 0 Å². The van der Waals surface area contributed by atoms with Gasteiger partial charge in [0, 0.05) is 4.88 Å². The van der Waals surface area contributed by atoms with E-state index in [9.17, 15) is 4.79 Å². The summed E-state index contributed by atoms with van der Waals surface area (Å²) in [6.45, 7) is 3.11. The highest BCUT2D eigenvalue weighted by molar-refractivity contribution is 7.99.